The summed E-state index contributed by atoms with van der Waals surface area (Å²) in [6.45, 7) is 24.7. The molecule has 2 N–H and O–H groups in total. The van der Waals surface area contributed by atoms with Crippen LogP contribution < -0.4 is 20.3 Å². The van der Waals surface area contributed by atoms with E-state index in [0.717, 1.165) is 56.0 Å². The molecule has 0 radical (unpaired) electrons. The summed E-state index contributed by atoms with van der Waals surface area (Å²) in [6.07, 6.45) is 8.40. The Labute approximate surface area is 237 Å². The van der Waals surface area contributed by atoms with Crippen LogP contribution in [0.25, 0.3) is 0 Å². The Morgan fingerprint density at radius 3 is 2.13 bits per heavy atom. The number of ether oxygens (including phenoxy) is 1. The first kappa shape index (κ1) is 29.8. The highest BCUT2D eigenvalue weighted by Crippen LogP contribution is 2.34. The van der Waals surface area contributed by atoms with Gasteiger partial charge in [0.15, 0.2) is 0 Å². The predicted molar refractivity (Wildman–Crippen MR) is 163 cm³/mol. The third-order valence-electron chi connectivity index (χ3n) is 8.25. The summed E-state index contributed by atoms with van der Waals surface area (Å²) < 4.78 is 6.32. The van der Waals surface area contributed by atoms with E-state index in [4.69, 9.17) is 9.72 Å². The molecule has 0 aromatic carbocycles. The van der Waals surface area contributed by atoms with E-state index < -0.39 is 0 Å². The predicted octanol–water partition coefficient (Wildman–Crippen LogP) is 6.39. The minimum atomic E-state index is -0.0305. The molecule has 1 aliphatic heterocycles. The minimum absolute atomic E-state index is 0.0305. The van der Waals surface area contributed by atoms with Crippen molar-refractivity contribution in [2.45, 2.75) is 135 Å². The Morgan fingerprint density at radius 2 is 1.49 bits per heavy atom. The zero-order valence-corrected chi connectivity index (χ0v) is 26.2. The summed E-state index contributed by atoms with van der Waals surface area (Å²) >= 11 is 0. The van der Waals surface area contributed by atoms with Gasteiger partial charge in [-0.15, -0.1) is 0 Å². The van der Waals surface area contributed by atoms with Gasteiger partial charge in [0.05, 0.1) is 0 Å². The maximum Gasteiger partial charge on any atom is 0.128 e. The van der Waals surface area contributed by atoms with Crippen molar-refractivity contribution in [2.75, 3.05) is 18.0 Å². The Hall–Kier alpha value is -2.18. The minimum Gasteiger partial charge on any atom is -0.490 e. The van der Waals surface area contributed by atoms with Crippen LogP contribution in [0, 0.1) is 0 Å². The summed E-state index contributed by atoms with van der Waals surface area (Å²) in [5.74, 6) is 2.04. The van der Waals surface area contributed by atoms with Crippen LogP contribution in [0.1, 0.15) is 106 Å². The maximum absolute atomic E-state index is 6.32. The number of anilines is 1. The second-order valence-corrected chi connectivity index (χ2v) is 15.3. The molecule has 4 rings (SSSR count). The van der Waals surface area contributed by atoms with Gasteiger partial charge in [0.2, 0.25) is 0 Å². The van der Waals surface area contributed by atoms with Crippen LogP contribution in [-0.2, 0) is 10.8 Å². The van der Waals surface area contributed by atoms with E-state index in [1.807, 2.05) is 18.5 Å². The monoisotopic (exact) mass is 535 g/mol. The van der Waals surface area contributed by atoms with Gasteiger partial charge in [0.1, 0.15) is 17.7 Å². The molecule has 0 spiro atoms. The Balaban J connectivity index is 1.25. The number of hydrogen-bond acceptors (Lipinski definition) is 6. The number of hydrogen-bond donors (Lipinski definition) is 2. The first-order chi connectivity index (χ1) is 18.0. The van der Waals surface area contributed by atoms with E-state index in [9.17, 15) is 0 Å². The highest BCUT2D eigenvalue weighted by Gasteiger charge is 2.35. The van der Waals surface area contributed by atoms with E-state index >= 15 is 0 Å². The highest BCUT2D eigenvalue weighted by molar-refractivity contribution is 5.46. The molecule has 1 saturated heterocycles. The largest absolute Gasteiger partial charge is 0.490 e. The molecule has 1 saturated carbocycles. The van der Waals surface area contributed by atoms with Crippen molar-refractivity contribution in [3.63, 3.8) is 0 Å². The smallest absolute Gasteiger partial charge is 0.128 e. The zero-order valence-electron chi connectivity index (χ0n) is 26.2. The topological polar surface area (TPSA) is 62.3 Å². The number of nitrogens with zero attached hydrogens (tertiary/aromatic N) is 3. The van der Waals surface area contributed by atoms with E-state index in [1.165, 1.54) is 5.56 Å². The molecule has 0 amide bonds. The van der Waals surface area contributed by atoms with Gasteiger partial charge >= 0.3 is 0 Å². The molecule has 2 aromatic heterocycles. The first-order valence-corrected chi connectivity index (χ1v) is 14.9. The van der Waals surface area contributed by atoms with Crippen LogP contribution in [-0.4, -0.2) is 52.3 Å². The van der Waals surface area contributed by atoms with Gasteiger partial charge in [-0.2, -0.15) is 0 Å². The summed E-state index contributed by atoms with van der Waals surface area (Å²) in [7, 11) is 0. The molecule has 6 heteroatoms. The second-order valence-electron chi connectivity index (χ2n) is 15.3. The SMILES string of the molecule is CC(C)(C)NC1CC(Oc2ccnc(C(C)(C)CCC(C)(C)NC3CN(c4cc(C(C)(C)C)ccn4)C3)c2)C1. The fourth-order valence-electron chi connectivity index (χ4n) is 5.63. The standard InChI is InChI=1S/C33H53N5O/c1-30(2,3)23-11-15-35-29(17-23)38-21-25(22-38)37-33(9,10)14-13-32(7,8)28-20-26(12-16-34-28)39-27-18-24(19-27)36-31(4,5)6/h11-12,15-17,20,24-25,27,36-37H,13-14,18-19,21-22H2,1-10H3. The average Bonchev–Trinajstić information content (AvgIpc) is 2.78. The van der Waals surface area contributed by atoms with Crippen molar-refractivity contribution in [3.8, 4) is 5.75 Å². The summed E-state index contributed by atoms with van der Waals surface area (Å²) in [5.41, 5.74) is 2.75. The number of pyridine rings is 2. The maximum atomic E-state index is 6.32. The van der Waals surface area contributed by atoms with Gasteiger partial charge in [-0.1, -0.05) is 34.6 Å². The van der Waals surface area contributed by atoms with Crippen molar-refractivity contribution in [1.29, 1.82) is 0 Å². The third-order valence-corrected chi connectivity index (χ3v) is 8.25. The van der Waals surface area contributed by atoms with Crippen LogP contribution in [0.15, 0.2) is 36.7 Å². The van der Waals surface area contributed by atoms with E-state index in [2.05, 4.69) is 108 Å². The second kappa shape index (κ2) is 11.0. The summed E-state index contributed by atoms with van der Waals surface area (Å²) in [4.78, 5) is 11.8. The molecule has 6 nitrogen and oxygen atoms in total. The first-order valence-electron chi connectivity index (χ1n) is 14.9. The average molecular weight is 536 g/mol. The van der Waals surface area contributed by atoms with Crippen LogP contribution in [0.5, 0.6) is 5.75 Å². The normalized spacial score (nSPS) is 20.9. The van der Waals surface area contributed by atoms with Crippen LogP contribution in [0.4, 0.5) is 5.82 Å². The lowest BCUT2D eigenvalue weighted by molar-refractivity contribution is 0.0731. The van der Waals surface area contributed by atoms with Crippen molar-refractivity contribution in [1.82, 2.24) is 20.6 Å². The lowest BCUT2D eigenvalue weighted by Gasteiger charge is -2.45. The molecule has 2 aromatic rings. The molecule has 2 fully saturated rings. The lowest BCUT2D eigenvalue weighted by atomic mass is 9.79. The molecule has 39 heavy (non-hydrogen) atoms. The molecule has 2 aliphatic rings. The summed E-state index contributed by atoms with van der Waals surface area (Å²) in [5, 5.41) is 7.59. The molecule has 0 atom stereocenters. The number of aromatic nitrogens is 2. The molecule has 3 heterocycles. The van der Waals surface area contributed by atoms with Crippen molar-refractivity contribution in [2.24, 2.45) is 0 Å². The van der Waals surface area contributed by atoms with E-state index in [0.29, 0.717) is 18.2 Å². The Kier molecular flexibility index (Phi) is 8.41. The molecular formula is C33H53N5O. The molecule has 0 bridgehead atoms. The van der Waals surface area contributed by atoms with Crippen molar-refractivity contribution < 1.29 is 4.74 Å². The van der Waals surface area contributed by atoms with Gasteiger partial charge in [0, 0.05) is 65.8 Å². The van der Waals surface area contributed by atoms with Gasteiger partial charge in [0.25, 0.3) is 0 Å². The summed E-state index contributed by atoms with van der Waals surface area (Å²) in [6, 6.07) is 9.58. The fourth-order valence-corrected chi connectivity index (χ4v) is 5.63. The molecule has 0 unspecified atom stereocenters. The Morgan fingerprint density at radius 1 is 0.821 bits per heavy atom. The zero-order chi connectivity index (χ0) is 28.6. The third kappa shape index (κ3) is 8.17. The van der Waals surface area contributed by atoms with Gasteiger partial charge in [-0.3, -0.25) is 4.98 Å². The molecule has 216 valence electrons. The molecule has 1 aliphatic carbocycles. The lowest BCUT2D eigenvalue weighted by Crippen LogP contribution is -2.63. The van der Waals surface area contributed by atoms with Crippen LogP contribution in [0.2, 0.25) is 0 Å². The fraction of sp³-hybridized carbons (Fsp3) is 0.697. The van der Waals surface area contributed by atoms with Gasteiger partial charge < -0.3 is 20.3 Å². The van der Waals surface area contributed by atoms with Crippen molar-refractivity contribution in [3.05, 3.63) is 47.9 Å². The van der Waals surface area contributed by atoms with Crippen LogP contribution >= 0.6 is 0 Å². The van der Waals surface area contributed by atoms with E-state index in [-0.39, 0.29) is 21.9 Å². The molecular weight excluding hydrogens is 482 g/mol. The highest BCUT2D eigenvalue weighted by atomic mass is 16.5. The van der Waals surface area contributed by atoms with Crippen molar-refractivity contribution >= 4 is 5.82 Å². The van der Waals surface area contributed by atoms with Crippen LogP contribution in [0.3, 0.4) is 0 Å². The van der Waals surface area contributed by atoms with Gasteiger partial charge in [-0.25, -0.2) is 4.98 Å². The quantitative estimate of drug-likeness (QED) is 0.368. The van der Waals surface area contributed by atoms with E-state index in [1.54, 1.807) is 0 Å². The number of nitrogens with one attached hydrogen (secondary N) is 2. The van der Waals surface area contributed by atoms with Gasteiger partial charge in [-0.05, 0) is 89.5 Å². The number of rotatable bonds is 10. The Bertz CT molecular complexity index is 1100.